The van der Waals surface area contributed by atoms with Crippen LogP contribution >= 0.6 is 23.2 Å². The van der Waals surface area contributed by atoms with E-state index in [0.717, 1.165) is 18.5 Å². The molecule has 0 aromatic carbocycles. The number of halogens is 2. The van der Waals surface area contributed by atoms with Gasteiger partial charge in [0.05, 0.1) is 6.54 Å². The van der Waals surface area contributed by atoms with Crippen molar-refractivity contribution >= 4 is 29.1 Å². The minimum Gasteiger partial charge on any atom is -0.358 e. The smallest absolute Gasteiger partial charge is 0.233 e. The molecule has 4 nitrogen and oxygen atoms in total. The summed E-state index contributed by atoms with van der Waals surface area (Å²) in [6.45, 7) is 3.83. The van der Waals surface area contributed by atoms with E-state index in [1.807, 2.05) is 11.0 Å². The number of aromatic nitrogens is 1. The summed E-state index contributed by atoms with van der Waals surface area (Å²) in [5, 5.41) is 3.37. The molecule has 0 unspecified atom stereocenters. The Hall–Kier alpha value is -0.840. The third kappa shape index (κ3) is 4.80. The lowest BCUT2D eigenvalue weighted by atomic mass is 10.2. The van der Waals surface area contributed by atoms with Gasteiger partial charge in [-0.25, -0.2) is 4.98 Å². The maximum Gasteiger partial charge on any atom is 0.233 e. The SMILES string of the molecule is CCCN(CC(=O)NC)Cc1ccc(Cl)nc1Cl. The van der Waals surface area contributed by atoms with E-state index < -0.39 is 0 Å². The van der Waals surface area contributed by atoms with E-state index in [2.05, 4.69) is 17.2 Å². The molecular formula is C12H17Cl2N3O. The van der Waals surface area contributed by atoms with Gasteiger partial charge in [-0.3, -0.25) is 9.69 Å². The summed E-state index contributed by atoms with van der Waals surface area (Å²) in [7, 11) is 1.63. The molecule has 1 amide bonds. The van der Waals surface area contributed by atoms with Gasteiger partial charge >= 0.3 is 0 Å². The van der Waals surface area contributed by atoms with Crippen molar-refractivity contribution < 1.29 is 4.79 Å². The van der Waals surface area contributed by atoms with Crippen LogP contribution in [0.25, 0.3) is 0 Å². The number of carbonyl (C=O) groups excluding carboxylic acids is 1. The molecule has 0 saturated carbocycles. The van der Waals surface area contributed by atoms with Gasteiger partial charge < -0.3 is 5.32 Å². The number of hydrogen-bond donors (Lipinski definition) is 1. The zero-order valence-corrected chi connectivity index (χ0v) is 12.1. The largest absolute Gasteiger partial charge is 0.358 e. The summed E-state index contributed by atoms with van der Waals surface area (Å²) in [6, 6.07) is 3.54. The Balaban J connectivity index is 2.72. The molecule has 100 valence electrons. The number of rotatable bonds is 6. The Labute approximate surface area is 117 Å². The minimum atomic E-state index is -0.0125. The van der Waals surface area contributed by atoms with Crippen molar-refractivity contribution in [3.63, 3.8) is 0 Å². The lowest BCUT2D eigenvalue weighted by Gasteiger charge is -2.21. The summed E-state index contributed by atoms with van der Waals surface area (Å²) in [5.41, 5.74) is 0.874. The second-order valence-electron chi connectivity index (χ2n) is 3.97. The Kier molecular flexibility index (Phi) is 6.39. The fourth-order valence-electron chi connectivity index (χ4n) is 1.61. The van der Waals surface area contributed by atoms with Gasteiger partial charge in [0.25, 0.3) is 0 Å². The molecule has 0 saturated heterocycles. The van der Waals surface area contributed by atoms with Crippen LogP contribution in [0.4, 0.5) is 0 Å². The van der Waals surface area contributed by atoms with Gasteiger partial charge in [0.2, 0.25) is 5.91 Å². The van der Waals surface area contributed by atoms with Crippen molar-refractivity contribution in [1.82, 2.24) is 15.2 Å². The van der Waals surface area contributed by atoms with E-state index in [1.165, 1.54) is 0 Å². The normalized spacial score (nSPS) is 10.7. The molecule has 18 heavy (non-hydrogen) atoms. The number of nitrogens with one attached hydrogen (secondary N) is 1. The Morgan fingerprint density at radius 2 is 2.17 bits per heavy atom. The van der Waals surface area contributed by atoms with Crippen LogP contribution < -0.4 is 5.32 Å². The molecule has 0 atom stereocenters. The number of pyridine rings is 1. The highest BCUT2D eigenvalue weighted by Gasteiger charge is 2.12. The van der Waals surface area contributed by atoms with Gasteiger partial charge in [-0.1, -0.05) is 36.2 Å². The van der Waals surface area contributed by atoms with E-state index in [-0.39, 0.29) is 5.91 Å². The predicted molar refractivity (Wildman–Crippen MR) is 73.9 cm³/mol. The molecule has 1 aromatic rings. The molecule has 0 aliphatic heterocycles. The van der Waals surface area contributed by atoms with E-state index in [1.54, 1.807) is 13.1 Å². The van der Waals surface area contributed by atoms with Gasteiger partial charge in [-0.15, -0.1) is 0 Å². The van der Waals surface area contributed by atoms with Gasteiger partial charge in [0, 0.05) is 19.2 Å². The second kappa shape index (κ2) is 7.56. The number of nitrogens with zero attached hydrogens (tertiary/aromatic N) is 2. The maximum absolute atomic E-state index is 11.4. The van der Waals surface area contributed by atoms with Crippen LogP contribution in [-0.2, 0) is 11.3 Å². The summed E-state index contributed by atoms with van der Waals surface area (Å²) in [6.07, 6.45) is 0.968. The second-order valence-corrected chi connectivity index (χ2v) is 4.71. The van der Waals surface area contributed by atoms with E-state index >= 15 is 0 Å². The molecule has 0 aliphatic carbocycles. The fourth-order valence-corrected chi connectivity index (χ4v) is 2.02. The zero-order chi connectivity index (χ0) is 13.5. The lowest BCUT2D eigenvalue weighted by Crippen LogP contribution is -2.35. The molecule has 1 aromatic heterocycles. The van der Waals surface area contributed by atoms with Crippen molar-refractivity contribution in [3.8, 4) is 0 Å². The molecular weight excluding hydrogens is 273 g/mol. The molecule has 1 rings (SSSR count). The maximum atomic E-state index is 11.4. The van der Waals surface area contributed by atoms with Crippen molar-refractivity contribution in [3.05, 3.63) is 28.0 Å². The van der Waals surface area contributed by atoms with Gasteiger partial charge in [0.15, 0.2) is 0 Å². The topological polar surface area (TPSA) is 45.2 Å². The quantitative estimate of drug-likeness (QED) is 0.818. The molecule has 1 heterocycles. The highest BCUT2D eigenvalue weighted by atomic mass is 35.5. The van der Waals surface area contributed by atoms with Crippen LogP contribution in [0.1, 0.15) is 18.9 Å². The van der Waals surface area contributed by atoms with Crippen molar-refractivity contribution in [2.45, 2.75) is 19.9 Å². The Morgan fingerprint density at radius 1 is 1.44 bits per heavy atom. The van der Waals surface area contributed by atoms with Crippen LogP contribution in [0.2, 0.25) is 10.3 Å². The van der Waals surface area contributed by atoms with Crippen LogP contribution in [0, 0.1) is 0 Å². The molecule has 1 N–H and O–H groups in total. The predicted octanol–water partition coefficient (Wildman–Crippen LogP) is 2.35. The average Bonchev–Trinajstić information content (AvgIpc) is 2.32. The van der Waals surface area contributed by atoms with Gasteiger partial charge in [-0.05, 0) is 19.0 Å². The van der Waals surface area contributed by atoms with Gasteiger partial charge in [0.1, 0.15) is 10.3 Å². The van der Waals surface area contributed by atoms with E-state index in [4.69, 9.17) is 23.2 Å². The first-order valence-electron chi connectivity index (χ1n) is 5.80. The molecule has 6 heteroatoms. The van der Waals surface area contributed by atoms with Crippen molar-refractivity contribution in [1.29, 1.82) is 0 Å². The van der Waals surface area contributed by atoms with Crippen LogP contribution in [-0.4, -0.2) is 35.9 Å². The highest BCUT2D eigenvalue weighted by Crippen LogP contribution is 2.18. The van der Waals surface area contributed by atoms with E-state index in [0.29, 0.717) is 23.4 Å². The zero-order valence-electron chi connectivity index (χ0n) is 10.5. The molecule has 0 spiro atoms. The van der Waals surface area contributed by atoms with Crippen LogP contribution in [0.15, 0.2) is 12.1 Å². The standard InChI is InChI=1S/C12H17Cl2N3O/c1-3-6-17(8-11(18)15-2)7-9-4-5-10(13)16-12(9)14/h4-5H,3,6-8H2,1-2H3,(H,15,18). The number of likely N-dealkylation sites (N-methyl/N-ethyl adjacent to an activating group) is 1. The summed E-state index contributed by atoms with van der Waals surface area (Å²) >= 11 is 11.8. The average molecular weight is 290 g/mol. The van der Waals surface area contributed by atoms with Gasteiger partial charge in [-0.2, -0.15) is 0 Å². The molecule has 0 bridgehead atoms. The Bertz CT molecular complexity index is 412. The van der Waals surface area contributed by atoms with Crippen LogP contribution in [0.5, 0.6) is 0 Å². The summed E-state index contributed by atoms with van der Waals surface area (Å²) in [5.74, 6) is -0.0125. The third-order valence-corrected chi connectivity index (χ3v) is 3.01. The van der Waals surface area contributed by atoms with Crippen LogP contribution in [0.3, 0.4) is 0 Å². The lowest BCUT2D eigenvalue weighted by molar-refractivity contribution is -0.121. The molecule has 0 radical (unpaired) electrons. The number of hydrogen-bond acceptors (Lipinski definition) is 3. The minimum absolute atomic E-state index is 0.0125. The number of amides is 1. The first-order chi connectivity index (χ1) is 8.56. The highest BCUT2D eigenvalue weighted by molar-refractivity contribution is 6.32. The van der Waals surface area contributed by atoms with Crippen molar-refractivity contribution in [2.75, 3.05) is 20.1 Å². The molecule has 0 fully saturated rings. The summed E-state index contributed by atoms with van der Waals surface area (Å²) in [4.78, 5) is 17.4. The number of carbonyl (C=O) groups is 1. The third-order valence-electron chi connectivity index (χ3n) is 2.47. The van der Waals surface area contributed by atoms with Crippen molar-refractivity contribution in [2.24, 2.45) is 0 Å². The summed E-state index contributed by atoms with van der Waals surface area (Å²) < 4.78 is 0. The van der Waals surface area contributed by atoms with E-state index in [9.17, 15) is 4.79 Å². The fraction of sp³-hybridized carbons (Fsp3) is 0.500. The Morgan fingerprint density at radius 3 is 2.72 bits per heavy atom. The molecule has 0 aliphatic rings. The first kappa shape index (κ1) is 15.2. The first-order valence-corrected chi connectivity index (χ1v) is 6.56. The monoisotopic (exact) mass is 289 g/mol.